The molecule has 0 fully saturated rings. The Hall–Kier alpha value is -0.670. The van der Waals surface area contributed by atoms with Crippen molar-refractivity contribution in [2.45, 2.75) is 19.3 Å². The first-order valence-electron chi connectivity index (χ1n) is 5.09. The Morgan fingerprint density at radius 3 is 2.93 bits per heavy atom. The van der Waals surface area contributed by atoms with E-state index in [1.165, 1.54) is 11.6 Å². The molecular formula is C12H13BrFN. The van der Waals surface area contributed by atoms with E-state index in [0.717, 1.165) is 34.9 Å². The minimum atomic E-state index is -0.109. The molecule has 15 heavy (non-hydrogen) atoms. The molecule has 0 radical (unpaired) electrons. The zero-order valence-corrected chi connectivity index (χ0v) is 9.98. The fourth-order valence-corrected chi connectivity index (χ4v) is 2.47. The highest BCUT2D eigenvalue weighted by Gasteiger charge is 2.16. The number of rotatable bonds is 2. The van der Waals surface area contributed by atoms with Crippen molar-refractivity contribution in [2.24, 2.45) is 5.73 Å². The number of benzene rings is 1. The van der Waals surface area contributed by atoms with Gasteiger partial charge in [0.15, 0.2) is 0 Å². The van der Waals surface area contributed by atoms with Gasteiger partial charge in [0.2, 0.25) is 0 Å². The summed E-state index contributed by atoms with van der Waals surface area (Å²) in [6.07, 6.45) is 4.70. The molecule has 0 saturated carbocycles. The first kappa shape index (κ1) is 10.8. The summed E-state index contributed by atoms with van der Waals surface area (Å²) in [5, 5.41) is 0. The van der Waals surface area contributed by atoms with Gasteiger partial charge in [0.05, 0.1) is 0 Å². The number of hydrogen-bond donors (Lipinski definition) is 1. The van der Waals surface area contributed by atoms with Crippen molar-refractivity contribution in [3.63, 3.8) is 0 Å². The van der Waals surface area contributed by atoms with E-state index in [2.05, 4.69) is 22.0 Å². The van der Waals surface area contributed by atoms with Gasteiger partial charge in [0.25, 0.3) is 0 Å². The smallest absolute Gasteiger partial charge is 0.128 e. The molecule has 1 aromatic carbocycles. The number of hydrogen-bond acceptors (Lipinski definition) is 1. The van der Waals surface area contributed by atoms with Crippen LogP contribution in [0.1, 0.15) is 24.0 Å². The third kappa shape index (κ3) is 2.13. The predicted molar refractivity (Wildman–Crippen MR) is 64.1 cm³/mol. The van der Waals surface area contributed by atoms with Gasteiger partial charge in [-0.1, -0.05) is 22.0 Å². The van der Waals surface area contributed by atoms with Crippen LogP contribution in [0.15, 0.2) is 22.7 Å². The summed E-state index contributed by atoms with van der Waals surface area (Å²) in [6.45, 7) is 0.611. The van der Waals surface area contributed by atoms with Crippen LogP contribution in [0.2, 0.25) is 0 Å². The van der Waals surface area contributed by atoms with Crippen LogP contribution in [0.4, 0.5) is 4.39 Å². The van der Waals surface area contributed by atoms with E-state index in [0.29, 0.717) is 6.54 Å². The van der Waals surface area contributed by atoms with Crippen molar-refractivity contribution in [1.29, 1.82) is 0 Å². The molecule has 0 heterocycles. The van der Waals surface area contributed by atoms with Crippen LogP contribution >= 0.6 is 15.9 Å². The maximum absolute atomic E-state index is 13.7. The standard InChI is InChI=1S/C12H13BrFN/c13-9-6-11-8(4-5-15)2-1-3-10(11)12(14)7-9/h2,6-7H,1,3-5,15H2. The molecule has 80 valence electrons. The van der Waals surface area contributed by atoms with Crippen LogP contribution in [0, 0.1) is 5.82 Å². The Kier molecular flexibility index (Phi) is 3.22. The van der Waals surface area contributed by atoms with Crippen molar-refractivity contribution in [3.05, 3.63) is 39.6 Å². The highest BCUT2D eigenvalue weighted by molar-refractivity contribution is 9.10. The van der Waals surface area contributed by atoms with Crippen molar-refractivity contribution in [3.8, 4) is 0 Å². The molecule has 2 rings (SSSR count). The van der Waals surface area contributed by atoms with Gasteiger partial charge in [-0.3, -0.25) is 0 Å². The summed E-state index contributed by atoms with van der Waals surface area (Å²) in [7, 11) is 0. The summed E-state index contributed by atoms with van der Waals surface area (Å²) < 4.78 is 14.5. The van der Waals surface area contributed by atoms with E-state index in [-0.39, 0.29) is 5.82 Å². The van der Waals surface area contributed by atoms with Crippen LogP contribution in [-0.4, -0.2) is 6.54 Å². The van der Waals surface area contributed by atoms with E-state index in [9.17, 15) is 4.39 Å². The molecule has 0 bridgehead atoms. The van der Waals surface area contributed by atoms with Crippen LogP contribution in [0.3, 0.4) is 0 Å². The second-order valence-corrected chi connectivity index (χ2v) is 4.64. The minimum Gasteiger partial charge on any atom is -0.330 e. The molecule has 1 aromatic rings. The summed E-state index contributed by atoms with van der Waals surface area (Å²) in [5.41, 5.74) is 8.59. The predicted octanol–water partition coefficient (Wildman–Crippen LogP) is 3.27. The molecule has 0 atom stereocenters. The van der Waals surface area contributed by atoms with Gasteiger partial charge in [-0.05, 0) is 54.6 Å². The van der Waals surface area contributed by atoms with Gasteiger partial charge >= 0.3 is 0 Å². The first-order chi connectivity index (χ1) is 7.22. The van der Waals surface area contributed by atoms with Crippen molar-refractivity contribution >= 4 is 21.5 Å². The maximum Gasteiger partial charge on any atom is 0.128 e. The third-order valence-electron chi connectivity index (χ3n) is 2.70. The largest absolute Gasteiger partial charge is 0.330 e. The van der Waals surface area contributed by atoms with Gasteiger partial charge in [-0.25, -0.2) is 4.39 Å². The van der Waals surface area contributed by atoms with E-state index < -0.39 is 0 Å². The topological polar surface area (TPSA) is 26.0 Å². The maximum atomic E-state index is 13.7. The summed E-state index contributed by atoms with van der Waals surface area (Å²) in [6, 6.07) is 3.52. The van der Waals surface area contributed by atoms with E-state index in [1.54, 1.807) is 0 Å². The molecule has 0 unspecified atom stereocenters. The average molecular weight is 270 g/mol. The highest BCUT2D eigenvalue weighted by Crippen LogP contribution is 2.32. The fraction of sp³-hybridized carbons (Fsp3) is 0.333. The summed E-state index contributed by atoms with van der Waals surface area (Å²) in [4.78, 5) is 0. The normalized spacial score (nSPS) is 14.7. The van der Waals surface area contributed by atoms with Crippen LogP contribution < -0.4 is 5.73 Å². The molecule has 0 aliphatic heterocycles. The molecule has 2 N–H and O–H groups in total. The van der Waals surface area contributed by atoms with Crippen molar-refractivity contribution in [1.82, 2.24) is 0 Å². The SMILES string of the molecule is NCCC1=CCCc2c(F)cc(Br)cc21. The van der Waals surface area contributed by atoms with E-state index in [4.69, 9.17) is 5.73 Å². The lowest BCUT2D eigenvalue weighted by Gasteiger charge is -2.18. The molecule has 0 spiro atoms. The second kappa shape index (κ2) is 4.45. The second-order valence-electron chi connectivity index (χ2n) is 3.72. The lowest BCUT2D eigenvalue weighted by atomic mass is 9.89. The molecule has 1 aliphatic rings. The van der Waals surface area contributed by atoms with Gasteiger partial charge in [0.1, 0.15) is 5.82 Å². The van der Waals surface area contributed by atoms with Crippen molar-refractivity contribution < 1.29 is 4.39 Å². The zero-order valence-electron chi connectivity index (χ0n) is 8.39. The lowest BCUT2D eigenvalue weighted by Crippen LogP contribution is -2.07. The lowest BCUT2D eigenvalue weighted by molar-refractivity contribution is 0.606. The van der Waals surface area contributed by atoms with Gasteiger partial charge in [-0.2, -0.15) is 0 Å². The monoisotopic (exact) mass is 269 g/mol. The van der Waals surface area contributed by atoms with Gasteiger partial charge in [0, 0.05) is 4.47 Å². The number of allylic oxidation sites excluding steroid dienone is 1. The Bertz CT molecular complexity index is 412. The molecular weight excluding hydrogens is 257 g/mol. The van der Waals surface area contributed by atoms with Crippen LogP contribution in [0.25, 0.3) is 5.57 Å². The van der Waals surface area contributed by atoms with Crippen molar-refractivity contribution in [2.75, 3.05) is 6.54 Å². The molecule has 0 aromatic heterocycles. The molecule has 0 amide bonds. The van der Waals surface area contributed by atoms with E-state index in [1.807, 2.05) is 6.07 Å². The summed E-state index contributed by atoms with van der Waals surface area (Å²) in [5.74, 6) is -0.109. The average Bonchev–Trinajstić information content (AvgIpc) is 2.19. The summed E-state index contributed by atoms with van der Waals surface area (Å²) >= 11 is 3.32. The Labute approximate surface area is 97.3 Å². The van der Waals surface area contributed by atoms with Crippen LogP contribution in [0.5, 0.6) is 0 Å². The van der Waals surface area contributed by atoms with Gasteiger partial charge in [-0.15, -0.1) is 0 Å². The zero-order chi connectivity index (χ0) is 10.8. The number of halogens is 2. The fourth-order valence-electron chi connectivity index (χ4n) is 2.04. The van der Waals surface area contributed by atoms with Crippen LogP contribution in [-0.2, 0) is 6.42 Å². The van der Waals surface area contributed by atoms with Gasteiger partial charge < -0.3 is 5.73 Å². The highest BCUT2D eigenvalue weighted by atomic mass is 79.9. The van der Waals surface area contributed by atoms with E-state index >= 15 is 0 Å². The molecule has 1 nitrogen and oxygen atoms in total. The molecule has 3 heteroatoms. The Balaban J connectivity index is 2.49. The molecule has 1 aliphatic carbocycles. The number of nitrogens with two attached hydrogens (primary N) is 1. The first-order valence-corrected chi connectivity index (χ1v) is 5.89. The molecule has 0 saturated heterocycles. The number of fused-ring (bicyclic) bond motifs is 1. The Morgan fingerprint density at radius 2 is 2.20 bits per heavy atom. The Morgan fingerprint density at radius 1 is 1.40 bits per heavy atom. The third-order valence-corrected chi connectivity index (χ3v) is 3.16. The minimum absolute atomic E-state index is 0.109. The quantitative estimate of drug-likeness (QED) is 0.877.